The van der Waals surface area contributed by atoms with E-state index in [9.17, 15) is 4.79 Å². The van der Waals surface area contributed by atoms with Crippen molar-refractivity contribution < 1.29 is 9.53 Å². The quantitative estimate of drug-likeness (QED) is 0.501. The summed E-state index contributed by atoms with van der Waals surface area (Å²) in [6.45, 7) is 13.2. The van der Waals surface area contributed by atoms with E-state index in [1.54, 1.807) is 0 Å². The van der Waals surface area contributed by atoms with E-state index in [2.05, 4.69) is 42.5 Å². The summed E-state index contributed by atoms with van der Waals surface area (Å²) >= 11 is 5.82. The van der Waals surface area contributed by atoms with Gasteiger partial charge in [-0.15, -0.1) is 0 Å². The minimum atomic E-state index is -0.455. The predicted octanol–water partition coefficient (Wildman–Crippen LogP) is 4.27. The Morgan fingerprint density at radius 3 is 2.15 bits per heavy atom. The molecule has 210 valence electrons. The van der Waals surface area contributed by atoms with E-state index in [1.807, 2.05) is 37.8 Å². The number of carbonyl (C=O) groups is 1. The van der Waals surface area contributed by atoms with Crippen LogP contribution in [0, 0.1) is 0 Å². The average molecular weight is 555 g/mol. The van der Waals surface area contributed by atoms with Gasteiger partial charge in [-0.3, -0.25) is 0 Å². The van der Waals surface area contributed by atoms with Crippen LogP contribution in [-0.2, 0) is 4.74 Å². The van der Waals surface area contributed by atoms with Crippen molar-refractivity contribution in [2.24, 2.45) is 0 Å². The van der Waals surface area contributed by atoms with Crippen molar-refractivity contribution in [1.29, 1.82) is 0 Å². The third-order valence-electron chi connectivity index (χ3n) is 7.91. The number of pyridine rings is 2. The number of carbonyl (C=O) groups excluding carboxylic acids is 1. The lowest BCUT2D eigenvalue weighted by Gasteiger charge is -2.30. The normalized spacial score (nSPS) is 23.1. The van der Waals surface area contributed by atoms with Crippen molar-refractivity contribution in [3.05, 3.63) is 29.4 Å². The van der Waals surface area contributed by atoms with Gasteiger partial charge in [0.2, 0.25) is 0 Å². The van der Waals surface area contributed by atoms with Crippen LogP contribution in [0.5, 0.6) is 0 Å². The fourth-order valence-electron chi connectivity index (χ4n) is 6.00. The highest BCUT2D eigenvalue weighted by atomic mass is 35.5. The molecule has 3 fully saturated rings. The van der Waals surface area contributed by atoms with E-state index in [4.69, 9.17) is 21.3 Å². The molecule has 10 nitrogen and oxygen atoms in total. The van der Waals surface area contributed by atoms with E-state index in [-0.39, 0.29) is 6.09 Å². The van der Waals surface area contributed by atoms with Crippen molar-refractivity contribution in [2.75, 3.05) is 77.7 Å². The Morgan fingerprint density at radius 1 is 0.846 bits per heavy atom. The minimum absolute atomic E-state index is 0.219. The number of hydrogen-bond acceptors (Lipinski definition) is 9. The van der Waals surface area contributed by atoms with E-state index in [0.29, 0.717) is 23.8 Å². The number of fused-ring (bicyclic) bond motifs is 8. The molecule has 0 aromatic carbocycles. The van der Waals surface area contributed by atoms with Gasteiger partial charge in [0.15, 0.2) is 11.6 Å². The molecule has 0 spiro atoms. The van der Waals surface area contributed by atoms with Gasteiger partial charge in [0.1, 0.15) is 16.6 Å². The first-order valence-corrected chi connectivity index (χ1v) is 14.5. The zero-order chi connectivity index (χ0) is 27.1. The second-order valence-corrected chi connectivity index (χ2v) is 12.4. The third-order valence-corrected chi connectivity index (χ3v) is 8.12. The molecular formula is C28H39ClN8O2. The Kier molecular flexibility index (Phi) is 6.99. The van der Waals surface area contributed by atoms with Gasteiger partial charge in [-0.25, -0.2) is 14.8 Å². The van der Waals surface area contributed by atoms with Crippen LogP contribution in [0.4, 0.5) is 33.6 Å². The molecule has 5 aliphatic rings. The van der Waals surface area contributed by atoms with Crippen molar-refractivity contribution in [3.8, 4) is 0 Å². The Hall–Kier alpha value is -3.14. The molecule has 39 heavy (non-hydrogen) atoms. The smallest absolute Gasteiger partial charge is 0.410 e. The van der Waals surface area contributed by atoms with Crippen LogP contribution in [0.1, 0.15) is 40.0 Å². The summed E-state index contributed by atoms with van der Waals surface area (Å²) in [5.74, 6) is 2.94. The first-order chi connectivity index (χ1) is 18.7. The lowest BCUT2D eigenvalue weighted by atomic mass is 10.2. The van der Waals surface area contributed by atoms with Crippen molar-refractivity contribution in [1.82, 2.24) is 14.9 Å². The van der Waals surface area contributed by atoms with Crippen LogP contribution < -0.4 is 25.3 Å². The summed E-state index contributed by atoms with van der Waals surface area (Å²) in [5, 5.41) is 7.53. The van der Waals surface area contributed by atoms with Gasteiger partial charge >= 0.3 is 6.09 Å². The maximum Gasteiger partial charge on any atom is 0.410 e. The second kappa shape index (κ2) is 10.4. The number of anilines is 5. The molecular weight excluding hydrogens is 516 g/mol. The Bertz CT molecular complexity index is 1220. The molecule has 1 amide bonds. The van der Waals surface area contributed by atoms with E-state index in [1.165, 1.54) is 24.2 Å². The molecule has 2 aromatic rings. The monoisotopic (exact) mass is 554 g/mol. The van der Waals surface area contributed by atoms with Crippen molar-refractivity contribution >= 4 is 46.5 Å². The lowest BCUT2D eigenvalue weighted by molar-refractivity contribution is 0.0263. The fraction of sp³-hybridized carbons (Fsp3) is 0.607. The maximum absolute atomic E-state index is 12.3. The Labute approximate surface area is 235 Å². The standard InChI is InChI=1S/C19H29N5O2.C9H10ClN3/c1-19(2,3)26-18(25)23-9-4-8-22(11-12-23)16-6-5-15-17(21-16)20-14-7-10-24(15)13-14;10-8-2-1-7-9(12-8)11-6-3-4-13(7)5-6/h5-6,14H,4,7-13H2,1-3H3,(H,20,21);1-2,6H,3-5H2,(H,11,12)/t14-;6-/m00/s1. The van der Waals surface area contributed by atoms with Crippen molar-refractivity contribution in [2.45, 2.75) is 57.7 Å². The number of rotatable bonds is 1. The van der Waals surface area contributed by atoms with Crippen LogP contribution >= 0.6 is 11.6 Å². The summed E-state index contributed by atoms with van der Waals surface area (Å²) in [6, 6.07) is 9.28. The summed E-state index contributed by atoms with van der Waals surface area (Å²) in [5.41, 5.74) is 1.95. The molecule has 0 aliphatic carbocycles. The van der Waals surface area contributed by atoms with Gasteiger partial charge in [0.05, 0.1) is 11.4 Å². The van der Waals surface area contributed by atoms with Crippen LogP contribution in [0.25, 0.3) is 0 Å². The van der Waals surface area contributed by atoms with Gasteiger partial charge in [-0.2, -0.15) is 0 Å². The highest BCUT2D eigenvalue weighted by Crippen LogP contribution is 2.36. The highest BCUT2D eigenvalue weighted by molar-refractivity contribution is 6.29. The number of nitrogens with zero attached hydrogens (tertiary/aromatic N) is 6. The number of aromatic nitrogens is 2. The largest absolute Gasteiger partial charge is 0.444 e. The Balaban J connectivity index is 0.000000176. The van der Waals surface area contributed by atoms with E-state index >= 15 is 0 Å². The van der Waals surface area contributed by atoms with E-state index < -0.39 is 5.60 Å². The summed E-state index contributed by atoms with van der Waals surface area (Å²) in [6.07, 6.45) is 3.08. The zero-order valence-electron chi connectivity index (χ0n) is 23.1. The minimum Gasteiger partial charge on any atom is -0.444 e. The van der Waals surface area contributed by atoms with Gasteiger partial charge in [0, 0.05) is 64.4 Å². The van der Waals surface area contributed by atoms with Gasteiger partial charge in [0.25, 0.3) is 0 Å². The molecule has 4 bridgehead atoms. The van der Waals surface area contributed by atoms with Crippen LogP contribution in [0.2, 0.25) is 5.15 Å². The van der Waals surface area contributed by atoms with E-state index in [0.717, 1.165) is 69.7 Å². The van der Waals surface area contributed by atoms with Crippen LogP contribution in [0.15, 0.2) is 24.3 Å². The molecule has 11 heteroatoms. The van der Waals surface area contributed by atoms with Gasteiger partial charge < -0.3 is 35.0 Å². The fourth-order valence-corrected chi connectivity index (χ4v) is 6.15. The number of hydrogen-bond donors (Lipinski definition) is 2. The molecule has 2 aromatic heterocycles. The number of nitrogens with one attached hydrogen (secondary N) is 2. The van der Waals surface area contributed by atoms with Gasteiger partial charge in [-0.05, 0) is 64.3 Å². The first kappa shape index (κ1) is 26.1. The SMILES string of the molecule is CC(C)(C)OC(=O)N1CCCN(c2ccc3c(n2)N[C@H]2CCN3C2)CC1.Clc1ccc2c(n1)N[C@H]1CCN2C1. The molecule has 3 saturated heterocycles. The van der Waals surface area contributed by atoms with Crippen LogP contribution in [0.3, 0.4) is 0 Å². The number of ether oxygens (including phenoxy) is 1. The lowest BCUT2D eigenvalue weighted by Crippen LogP contribution is -2.39. The third kappa shape index (κ3) is 5.76. The first-order valence-electron chi connectivity index (χ1n) is 14.2. The molecule has 0 radical (unpaired) electrons. The number of amides is 1. The second-order valence-electron chi connectivity index (χ2n) is 12.0. The highest BCUT2D eigenvalue weighted by Gasteiger charge is 2.32. The molecule has 2 N–H and O–H groups in total. The number of halogens is 1. The molecule has 0 unspecified atom stereocenters. The topological polar surface area (TPSA) is 89.1 Å². The van der Waals surface area contributed by atoms with Gasteiger partial charge in [-0.1, -0.05) is 11.6 Å². The summed E-state index contributed by atoms with van der Waals surface area (Å²) < 4.78 is 5.52. The molecule has 0 saturated carbocycles. The summed E-state index contributed by atoms with van der Waals surface area (Å²) in [4.78, 5) is 30.4. The Morgan fingerprint density at radius 2 is 1.49 bits per heavy atom. The maximum atomic E-state index is 12.3. The summed E-state index contributed by atoms with van der Waals surface area (Å²) in [7, 11) is 0. The average Bonchev–Trinajstić information content (AvgIpc) is 3.36. The zero-order valence-corrected chi connectivity index (χ0v) is 23.9. The molecule has 7 rings (SSSR count). The van der Waals surface area contributed by atoms with Crippen LogP contribution in [-0.4, -0.2) is 91.0 Å². The molecule has 2 atom stereocenters. The predicted molar refractivity (Wildman–Crippen MR) is 157 cm³/mol. The molecule has 5 aliphatic heterocycles. The molecule has 7 heterocycles. The van der Waals surface area contributed by atoms with Crippen molar-refractivity contribution in [3.63, 3.8) is 0 Å².